The summed E-state index contributed by atoms with van der Waals surface area (Å²) in [4.78, 5) is 4.31. The SMILES string of the molecule is COc1cc(Br)c(Br)c(C=Nc2ccc(Cl)cc2)c1O. The van der Waals surface area contributed by atoms with E-state index in [1.165, 1.54) is 7.11 Å². The Morgan fingerprint density at radius 2 is 1.90 bits per heavy atom. The number of benzene rings is 2. The van der Waals surface area contributed by atoms with Crippen LogP contribution in [0, 0.1) is 0 Å². The van der Waals surface area contributed by atoms with E-state index in [0.29, 0.717) is 20.8 Å². The van der Waals surface area contributed by atoms with Gasteiger partial charge < -0.3 is 9.84 Å². The molecule has 0 radical (unpaired) electrons. The number of hydrogen-bond acceptors (Lipinski definition) is 3. The third kappa shape index (κ3) is 3.34. The van der Waals surface area contributed by atoms with Gasteiger partial charge in [-0.15, -0.1) is 0 Å². The summed E-state index contributed by atoms with van der Waals surface area (Å²) in [5.74, 6) is 0.401. The van der Waals surface area contributed by atoms with Crippen LogP contribution in [0.4, 0.5) is 5.69 Å². The van der Waals surface area contributed by atoms with Crippen molar-refractivity contribution in [2.24, 2.45) is 4.99 Å². The van der Waals surface area contributed by atoms with Crippen LogP contribution in [-0.2, 0) is 0 Å². The Morgan fingerprint density at radius 3 is 2.50 bits per heavy atom. The fraction of sp³-hybridized carbons (Fsp3) is 0.0714. The summed E-state index contributed by atoms with van der Waals surface area (Å²) in [7, 11) is 1.50. The van der Waals surface area contributed by atoms with E-state index in [1.807, 2.05) is 0 Å². The van der Waals surface area contributed by atoms with E-state index in [9.17, 15) is 5.11 Å². The summed E-state index contributed by atoms with van der Waals surface area (Å²) in [5.41, 5.74) is 1.27. The lowest BCUT2D eigenvalue weighted by molar-refractivity contribution is 0.372. The van der Waals surface area contributed by atoms with Crippen molar-refractivity contribution in [1.29, 1.82) is 0 Å². The zero-order valence-electron chi connectivity index (χ0n) is 10.4. The summed E-state index contributed by atoms with van der Waals surface area (Å²) in [5, 5.41) is 10.8. The van der Waals surface area contributed by atoms with Crippen LogP contribution in [0.15, 0.2) is 44.3 Å². The van der Waals surface area contributed by atoms with Gasteiger partial charge in [0.1, 0.15) is 0 Å². The monoisotopic (exact) mass is 417 g/mol. The van der Waals surface area contributed by atoms with E-state index >= 15 is 0 Å². The number of hydrogen-bond donors (Lipinski definition) is 1. The predicted octanol–water partition coefficient (Wildman–Crippen LogP) is 5.33. The molecule has 0 heterocycles. The Labute approximate surface area is 138 Å². The molecule has 20 heavy (non-hydrogen) atoms. The number of aliphatic imine (C=N–C) groups is 1. The molecule has 0 atom stereocenters. The highest BCUT2D eigenvalue weighted by Gasteiger charge is 2.14. The molecule has 0 saturated carbocycles. The Balaban J connectivity index is 2.42. The first kappa shape index (κ1) is 15.4. The van der Waals surface area contributed by atoms with Crippen LogP contribution in [0.25, 0.3) is 0 Å². The lowest BCUT2D eigenvalue weighted by Gasteiger charge is -2.09. The molecule has 0 aliphatic heterocycles. The molecule has 0 aromatic heterocycles. The molecule has 2 rings (SSSR count). The number of rotatable bonds is 3. The van der Waals surface area contributed by atoms with Crippen molar-refractivity contribution in [3.63, 3.8) is 0 Å². The normalized spacial score (nSPS) is 11.0. The number of ether oxygens (including phenoxy) is 1. The van der Waals surface area contributed by atoms with E-state index in [0.717, 1.165) is 10.2 Å². The van der Waals surface area contributed by atoms with Gasteiger partial charge in [0.2, 0.25) is 0 Å². The number of nitrogens with zero attached hydrogens (tertiary/aromatic N) is 1. The molecule has 0 amide bonds. The smallest absolute Gasteiger partial charge is 0.167 e. The van der Waals surface area contributed by atoms with Gasteiger partial charge in [0.15, 0.2) is 11.5 Å². The number of phenolic OH excluding ortho intramolecular Hbond substituents is 1. The van der Waals surface area contributed by atoms with Gasteiger partial charge in [-0.05, 0) is 62.2 Å². The summed E-state index contributed by atoms with van der Waals surface area (Å²) < 4.78 is 6.58. The fourth-order valence-electron chi connectivity index (χ4n) is 1.55. The quantitative estimate of drug-likeness (QED) is 0.684. The number of phenols is 1. The second-order valence-electron chi connectivity index (χ2n) is 3.87. The minimum absolute atomic E-state index is 0.0280. The molecule has 2 aromatic carbocycles. The first-order valence-corrected chi connectivity index (χ1v) is 7.54. The van der Waals surface area contributed by atoms with Crippen molar-refractivity contribution < 1.29 is 9.84 Å². The Bertz CT molecular complexity index is 657. The Kier molecular flexibility index (Phi) is 5.07. The van der Waals surface area contributed by atoms with E-state index in [-0.39, 0.29) is 5.75 Å². The first-order valence-electron chi connectivity index (χ1n) is 5.57. The lowest BCUT2D eigenvalue weighted by atomic mass is 10.2. The van der Waals surface area contributed by atoms with Crippen molar-refractivity contribution in [2.75, 3.05) is 7.11 Å². The molecule has 0 bridgehead atoms. The second kappa shape index (κ2) is 6.61. The molecule has 104 valence electrons. The summed E-state index contributed by atoms with van der Waals surface area (Å²) >= 11 is 12.6. The molecular formula is C14H10Br2ClNO2. The minimum atomic E-state index is 0.0280. The molecule has 0 unspecified atom stereocenters. The molecule has 6 heteroatoms. The van der Waals surface area contributed by atoms with Gasteiger partial charge in [-0.25, -0.2) is 0 Å². The maximum Gasteiger partial charge on any atom is 0.167 e. The fourth-order valence-corrected chi connectivity index (χ4v) is 2.50. The largest absolute Gasteiger partial charge is 0.504 e. The molecule has 0 spiro atoms. The van der Waals surface area contributed by atoms with Crippen LogP contribution in [0.5, 0.6) is 11.5 Å². The Morgan fingerprint density at radius 1 is 1.25 bits per heavy atom. The topological polar surface area (TPSA) is 41.8 Å². The molecule has 2 aromatic rings. The zero-order chi connectivity index (χ0) is 14.7. The summed E-state index contributed by atoms with van der Waals surface area (Å²) in [6, 6.07) is 8.77. The van der Waals surface area contributed by atoms with Crippen molar-refractivity contribution in [2.45, 2.75) is 0 Å². The molecule has 3 nitrogen and oxygen atoms in total. The average Bonchev–Trinajstić information content (AvgIpc) is 2.44. The van der Waals surface area contributed by atoms with E-state index in [2.05, 4.69) is 36.9 Å². The standard InChI is InChI=1S/C14H10Br2ClNO2/c1-20-12-6-11(15)13(16)10(14(12)19)7-18-9-4-2-8(17)3-5-9/h2-7,19H,1H3. The molecule has 0 aliphatic carbocycles. The van der Waals surface area contributed by atoms with Crippen LogP contribution in [0.3, 0.4) is 0 Å². The van der Waals surface area contributed by atoms with E-state index < -0.39 is 0 Å². The highest BCUT2D eigenvalue weighted by molar-refractivity contribution is 9.13. The van der Waals surface area contributed by atoms with Gasteiger partial charge in [-0.3, -0.25) is 4.99 Å². The van der Waals surface area contributed by atoms with Crippen molar-refractivity contribution in [3.05, 3.63) is 49.9 Å². The summed E-state index contributed by atoms with van der Waals surface area (Å²) in [6.45, 7) is 0. The van der Waals surface area contributed by atoms with Crippen LogP contribution in [-0.4, -0.2) is 18.4 Å². The van der Waals surface area contributed by atoms with Crippen molar-refractivity contribution >= 4 is 55.4 Å². The molecule has 1 N–H and O–H groups in total. The van der Waals surface area contributed by atoms with Gasteiger partial charge in [-0.1, -0.05) is 11.6 Å². The van der Waals surface area contributed by atoms with Crippen LogP contribution < -0.4 is 4.74 Å². The minimum Gasteiger partial charge on any atom is -0.504 e. The molecule has 0 fully saturated rings. The third-order valence-electron chi connectivity index (χ3n) is 2.58. The maximum atomic E-state index is 10.1. The molecular weight excluding hydrogens is 409 g/mol. The van der Waals surface area contributed by atoms with Crippen LogP contribution in [0.2, 0.25) is 5.02 Å². The maximum absolute atomic E-state index is 10.1. The van der Waals surface area contributed by atoms with Gasteiger partial charge in [-0.2, -0.15) is 0 Å². The van der Waals surface area contributed by atoms with Crippen LogP contribution >= 0.6 is 43.5 Å². The van der Waals surface area contributed by atoms with Crippen LogP contribution in [0.1, 0.15) is 5.56 Å². The average molecular weight is 420 g/mol. The summed E-state index contributed by atoms with van der Waals surface area (Å²) in [6.07, 6.45) is 1.57. The highest BCUT2D eigenvalue weighted by atomic mass is 79.9. The molecule has 0 saturated heterocycles. The first-order chi connectivity index (χ1) is 9.52. The van der Waals surface area contributed by atoms with Gasteiger partial charge in [0.05, 0.1) is 18.4 Å². The number of methoxy groups -OCH3 is 1. The van der Waals surface area contributed by atoms with Gasteiger partial charge in [0, 0.05) is 20.2 Å². The van der Waals surface area contributed by atoms with Gasteiger partial charge >= 0.3 is 0 Å². The molecule has 0 aliphatic rings. The second-order valence-corrected chi connectivity index (χ2v) is 5.96. The van der Waals surface area contributed by atoms with Crippen molar-refractivity contribution in [3.8, 4) is 11.5 Å². The lowest BCUT2D eigenvalue weighted by Crippen LogP contribution is -1.91. The van der Waals surface area contributed by atoms with E-state index in [4.69, 9.17) is 16.3 Å². The predicted molar refractivity (Wildman–Crippen MR) is 88.8 cm³/mol. The zero-order valence-corrected chi connectivity index (χ0v) is 14.3. The van der Waals surface area contributed by atoms with E-state index in [1.54, 1.807) is 36.5 Å². The highest BCUT2D eigenvalue weighted by Crippen LogP contribution is 2.39. The Hall–Kier alpha value is -1.04. The van der Waals surface area contributed by atoms with Gasteiger partial charge in [0.25, 0.3) is 0 Å². The third-order valence-corrected chi connectivity index (χ3v) is 4.85. The number of halogens is 3. The number of aromatic hydroxyl groups is 1. The van der Waals surface area contributed by atoms with Crippen molar-refractivity contribution in [1.82, 2.24) is 0 Å².